The van der Waals surface area contributed by atoms with Gasteiger partial charge >= 0.3 is 6.03 Å². The molecule has 208 valence electrons. The van der Waals surface area contributed by atoms with Crippen LogP contribution in [0.3, 0.4) is 0 Å². The number of fused-ring (bicyclic) bond motifs is 1. The van der Waals surface area contributed by atoms with Crippen LogP contribution in [0.4, 0.5) is 16.2 Å². The van der Waals surface area contributed by atoms with Crippen molar-refractivity contribution in [3.05, 3.63) is 81.1 Å². The van der Waals surface area contributed by atoms with Gasteiger partial charge in [0.05, 0.1) is 43.8 Å². The summed E-state index contributed by atoms with van der Waals surface area (Å²) in [6.45, 7) is -0.0599. The van der Waals surface area contributed by atoms with Crippen molar-refractivity contribution < 1.29 is 22.8 Å². The highest BCUT2D eigenvalue weighted by Gasteiger charge is 2.39. The molecule has 1 N–H and O–H groups in total. The van der Waals surface area contributed by atoms with E-state index in [-0.39, 0.29) is 62.4 Å². The predicted octanol–water partition coefficient (Wildman–Crippen LogP) is 4.56. The number of halogens is 3. The van der Waals surface area contributed by atoms with E-state index in [1.807, 2.05) is 0 Å². The number of sulfonamides is 1. The summed E-state index contributed by atoms with van der Waals surface area (Å²) < 4.78 is 28.9. The van der Waals surface area contributed by atoms with Gasteiger partial charge in [0.25, 0.3) is 15.9 Å². The molecule has 0 radical (unpaired) electrons. The molecule has 10 nitrogen and oxygen atoms in total. The third-order valence-corrected chi connectivity index (χ3v) is 9.27. The number of urea groups is 1. The van der Waals surface area contributed by atoms with Gasteiger partial charge in [0.1, 0.15) is 6.54 Å². The van der Waals surface area contributed by atoms with E-state index in [0.29, 0.717) is 12.1 Å². The molecular formula is C26H22Cl3N5O5S. The molecule has 1 unspecified atom stereocenters. The molecule has 0 spiro atoms. The van der Waals surface area contributed by atoms with Crippen LogP contribution in [-0.4, -0.2) is 67.7 Å². The Morgan fingerprint density at radius 1 is 1.07 bits per heavy atom. The highest BCUT2D eigenvalue weighted by molar-refractivity contribution is 7.92. The van der Waals surface area contributed by atoms with Crippen LogP contribution in [0.2, 0.25) is 15.1 Å². The zero-order valence-corrected chi connectivity index (χ0v) is 24.1. The van der Waals surface area contributed by atoms with Crippen molar-refractivity contribution in [1.29, 1.82) is 0 Å². The first-order valence-electron chi connectivity index (χ1n) is 12.0. The lowest BCUT2D eigenvalue weighted by atomic mass is 9.97. The van der Waals surface area contributed by atoms with Crippen LogP contribution in [0.15, 0.2) is 59.6 Å². The Hall–Kier alpha value is -3.38. The molecule has 4 amide bonds. The molecule has 1 aromatic heterocycles. The van der Waals surface area contributed by atoms with Gasteiger partial charge in [0, 0.05) is 31.1 Å². The summed E-state index contributed by atoms with van der Waals surface area (Å²) in [5.74, 6) is -1.38. The second-order valence-electron chi connectivity index (χ2n) is 9.45. The fourth-order valence-corrected chi connectivity index (χ4v) is 7.14. The average Bonchev–Trinajstić information content (AvgIpc) is 3.14. The summed E-state index contributed by atoms with van der Waals surface area (Å²) in [5, 5.41) is 3.23. The van der Waals surface area contributed by atoms with Crippen LogP contribution < -0.4 is 9.62 Å². The van der Waals surface area contributed by atoms with Gasteiger partial charge in [0.2, 0.25) is 5.91 Å². The number of amides is 4. The number of pyridine rings is 1. The first-order valence-corrected chi connectivity index (χ1v) is 14.6. The lowest BCUT2D eigenvalue weighted by molar-refractivity contribution is -0.125. The number of hydrogen-bond acceptors (Lipinski definition) is 6. The third-order valence-electron chi connectivity index (χ3n) is 6.63. The second-order valence-corrected chi connectivity index (χ2v) is 12.6. The van der Waals surface area contributed by atoms with Crippen LogP contribution in [0.25, 0.3) is 0 Å². The molecule has 2 aliphatic rings. The second kappa shape index (κ2) is 10.9. The molecule has 0 saturated carbocycles. The number of nitrogens with zero attached hydrogens (tertiary/aromatic N) is 4. The Morgan fingerprint density at radius 2 is 1.77 bits per heavy atom. The maximum Gasteiger partial charge on any atom is 0.326 e. The quantitative estimate of drug-likeness (QED) is 0.403. The molecular weight excluding hydrogens is 601 g/mol. The molecule has 3 aromatic rings. The summed E-state index contributed by atoms with van der Waals surface area (Å²) in [6, 6.07) is 11.6. The number of anilines is 2. The maximum atomic E-state index is 13.9. The van der Waals surface area contributed by atoms with Crippen molar-refractivity contribution in [3.8, 4) is 0 Å². The van der Waals surface area contributed by atoms with Crippen LogP contribution in [-0.2, 0) is 21.2 Å². The number of carbonyl (C=O) groups excluding carboxylic acids is 3. The minimum absolute atomic E-state index is 0.0220. The number of carbonyl (C=O) groups is 3. The number of nitrogens with one attached hydrogen (secondary N) is 1. The van der Waals surface area contributed by atoms with Crippen LogP contribution in [0.1, 0.15) is 16.1 Å². The summed E-state index contributed by atoms with van der Waals surface area (Å²) >= 11 is 18.4. The van der Waals surface area contributed by atoms with E-state index in [2.05, 4.69) is 10.3 Å². The zero-order chi connectivity index (χ0) is 28.8. The fourth-order valence-electron chi connectivity index (χ4n) is 4.71. The molecule has 3 heterocycles. The van der Waals surface area contributed by atoms with Crippen molar-refractivity contribution in [1.82, 2.24) is 14.8 Å². The van der Waals surface area contributed by atoms with Crippen molar-refractivity contribution in [2.75, 3.05) is 36.3 Å². The topological polar surface area (TPSA) is 120 Å². The van der Waals surface area contributed by atoms with Crippen LogP contribution >= 0.6 is 34.8 Å². The van der Waals surface area contributed by atoms with Gasteiger partial charge in [-0.05, 0) is 42.8 Å². The van der Waals surface area contributed by atoms with Gasteiger partial charge in [-0.15, -0.1) is 0 Å². The highest BCUT2D eigenvalue weighted by Crippen LogP contribution is 2.36. The van der Waals surface area contributed by atoms with E-state index in [1.54, 1.807) is 12.1 Å². The minimum atomic E-state index is -4.16. The summed E-state index contributed by atoms with van der Waals surface area (Å²) in [7, 11) is -2.63. The number of benzene rings is 2. The smallest absolute Gasteiger partial charge is 0.320 e. The van der Waals surface area contributed by atoms with Crippen molar-refractivity contribution in [2.24, 2.45) is 5.92 Å². The molecule has 0 aliphatic carbocycles. The van der Waals surface area contributed by atoms with Gasteiger partial charge in [-0.3, -0.25) is 23.8 Å². The lowest BCUT2D eigenvalue weighted by Crippen LogP contribution is -2.45. The average molecular weight is 623 g/mol. The molecule has 14 heteroatoms. The SMILES string of the molecule is CN1CC(=O)N(CC2Cc3ncc(NC(=O)c4c(Cl)cccc4Cl)cc3N(S(=O)(=O)c3cccc(Cl)c3)C2)C1=O. The minimum Gasteiger partial charge on any atom is -0.320 e. The molecule has 2 aliphatic heterocycles. The number of hydrogen-bond donors (Lipinski definition) is 1. The van der Waals surface area contributed by atoms with Gasteiger partial charge in [-0.2, -0.15) is 0 Å². The molecule has 2 aromatic carbocycles. The number of likely N-dealkylation sites (N-methyl/N-ethyl adjacent to an activating group) is 1. The molecule has 1 saturated heterocycles. The number of aromatic nitrogens is 1. The maximum absolute atomic E-state index is 13.9. The monoisotopic (exact) mass is 621 g/mol. The Balaban J connectivity index is 1.51. The van der Waals surface area contributed by atoms with Gasteiger partial charge in [-0.1, -0.05) is 46.9 Å². The van der Waals surface area contributed by atoms with E-state index in [9.17, 15) is 22.8 Å². The van der Waals surface area contributed by atoms with Crippen LogP contribution in [0, 0.1) is 5.92 Å². The Bertz CT molecular complexity index is 1630. The van der Waals surface area contributed by atoms with Crippen molar-refractivity contribution in [3.63, 3.8) is 0 Å². The van der Waals surface area contributed by atoms with Crippen LogP contribution in [0.5, 0.6) is 0 Å². The largest absolute Gasteiger partial charge is 0.326 e. The Morgan fingerprint density at radius 3 is 2.42 bits per heavy atom. The van der Waals surface area contributed by atoms with E-state index >= 15 is 0 Å². The Labute approximate surface area is 245 Å². The van der Waals surface area contributed by atoms with Crippen molar-refractivity contribution >= 4 is 74.0 Å². The predicted molar refractivity (Wildman–Crippen MR) is 152 cm³/mol. The van der Waals surface area contributed by atoms with E-state index in [0.717, 1.165) is 4.90 Å². The summed E-state index contributed by atoms with van der Waals surface area (Å²) in [6.07, 6.45) is 1.69. The lowest BCUT2D eigenvalue weighted by Gasteiger charge is -2.36. The standard InChI is InChI=1S/C26H22Cl3N5O5S/c1-32-14-23(35)33(26(32)37)12-15-8-21-22(34(13-15)40(38,39)18-5-2-4-16(27)9-18)10-17(11-30-21)31-25(36)24-19(28)6-3-7-20(24)29/h2-7,9-11,15H,8,12-14H2,1H3,(H,31,36). The highest BCUT2D eigenvalue weighted by atomic mass is 35.5. The van der Waals surface area contributed by atoms with E-state index in [4.69, 9.17) is 34.8 Å². The molecule has 1 atom stereocenters. The number of rotatable bonds is 6. The van der Waals surface area contributed by atoms with Gasteiger partial charge in [-0.25, -0.2) is 13.2 Å². The molecule has 1 fully saturated rings. The van der Waals surface area contributed by atoms with E-state index in [1.165, 1.54) is 58.8 Å². The first-order chi connectivity index (χ1) is 19.0. The van der Waals surface area contributed by atoms with Gasteiger partial charge < -0.3 is 10.2 Å². The summed E-state index contributed by atoms with van der Waals surface area (Å²) in [4.78, 5) is 44.7. The molecule has 40 heavy (non-hydrogen) atoms. The Kier molecular flexibility index (Phi) is 7.66. The summed E-state index contributed by atoms with van der Waals surface area (Å²) in [5.41, 5.74) is 0.950. The van der Waals surface area contributed by atoms with E-state index < -0.39 is 27.9 Å². The molecule has 0 bridgehead atoms. The first kappa shape index (κ1) is 28.2. The fraction of sp³-hybridized carbons (Fsp3) is 0.231. The van der Waals surface area contributed by atoms with Gasteiger partial charge in [0.15, 0.2) is 0 Å². The molecule has 5 rings (SSSR count). The zero-order valence-electron chi connectivity index (χ0n) is 21.0. The van der Waals surface area contributed by atoms with Crippen molar-refractivity contribution in [2.45, 2.75) is 11.3 Å². The number of imide groups is 1. The third kappa shape index (κ3) is 5.34. The normalized spacial score (nSPS) is 17.3.